The molecule has 88 valence electrons. The fourth-order valence-corrected chi connectivity index (χ4v) is 2.12. The Kier molecular flexibility index (Phi) is 3.34. The van der Waals surface area contributed by atoms with E-state index in [1.54, 1.807) is 7.11 Å². The monoisotopic (exact) mass is 222 g/mol. The van der Waals surface area contributed by atoms with Gasteiger partial charge in [0.05, 0.1) is 13.2 Å². The molecule has 16 heavy (non-hydrogen) atoms. The molecule has 0 spiro atoms. The molecule has 1 heterocycles. The Morgan fingerprint density at radius 2 is 2.31 bits per heavy atom. The molecule has 0 radical (unpaired) electrons. The van der Waals surface area contributed by atoms with Gasteiger partial charge in [-0.2, -0.15) is 0 Å². The second-order valence-corrected chi connectivity index (χ2v) is 4.18. The number of benzene rings is 1. The Labute approximate surface area is 96.0 Å². The molecule has 2 atom stereocenters. The zero-order chi connectivity index (χ0) is 11.5. The third kappa shape index (κ3) is 2.14. The first kappa shape index (κ1) is 11.3. The molecule has 1 aliphatic rings. The van der Waals surface area contributed by atoms with Gasteiger partial charge in [-0.25, -0.2) is 0 Å². The van der Waals surface area contributed by atoms with Crippen LogP contribution in [0.4, 0.5) is 0 Å². The summed E-state index contributed by atoms with van der Waals surface area (Å²) < 4.78 is 11.0. The van der Waals surface area contributed by atoms with E-state index in [9.17, 15) is 5.11 Å². The van der Waals surface area contributed by atoms with Crippen molar-refractivity contribution in [3.8, 4) is 11.5 Å². The van der Waals surface area contributed by atoms with Gasteiger partial charge in [0.1, 0.15) is 17.6 Å². The highest BCUT2D eigenvalue weighted by Crippen LogP contribution is 2.37. The summed E-state index contributed by atoms with van der Waals surface area (Å²) in [7, 11) is 1.63. The van der Waals surface area contributed by atoms with Gasteiger partial charge in [-0.15, -0.1) is 0 Å². The second-order valence-electron chi connectivity index (χ2n) is 4.18. The molecule has 3 nitrogen and oxygen atoms in total. The Hall–Kier alpha value is -1.22. The molecule has 0 bridgehead atoms. The molecule has 0 aliphatic carbocycles. The molecule has 0 saturated heterocycles. The highest BCUT2D eigenvalue weighted by atomic mass is 16.5. The van der Waals surface area contributed by atoms with Crippen LogP contribution in [0.25, 0.3) is 0 Å². The first-order chi connectivity index (χ1) is 7.74. The maximum absolute atomic E-state index is 10.0. The lowest BCUT2D eigenvalue weighted by atomic mass is 9.97. The number of methoxy groups -OCH3 is 1. The lowest BCUT2D eigenvalue weighted by molar-refractivity contribution is 0.0612. The van der Waals surface area contributed by atoms with Gasteiger partial charge in [0, 0.05) is 18.1 Å². The minimum atomic E-state index is -0.411. The maximum Gasteiger partial charge on any atom is 0.129 e. The average molecular weight is 222 g/mol. The van der Waals surface area contributed by atoms with Crippen molar-refractivity contribution >= 4 is 0 Å². The first-order valence-electron chi connectivity index (χ1n) is 5.77. The molecule has 1 N–H and O–H groups in total. The first-order valence-corrected chi connectivity index (χ1v) is 5.77. The zero-order valence-electron chi connectivity index (χ0n) is 9.77. The topological polar surface area (TPSA) is 38.7 Å². The van der Waals surface area contributed by atoms with Gasteiger partial charge in [-0.3, -0.25) is 0 Å². The standard InChI is InChI=1S/C13H18O3/c1-3-4-10-7-12(14)11-6-5-9(15-2)8-13(11)16-10/h5-6,8,10,12,14H,3-4,7H2,1-2H3/t10?,12-/m1/s1. The van der Waals surface area contributed by atoms with Crippen LogP contribution in [-0.2, 0) is 0 Å². The maximum atomic E-state index is 10.0. The molecular formula is C13H18O3. The summed E-state index contributed by atoms with van der Waals surface area (Å²) in [5, 5.41) is 10.0. The van der Waals surface area contributed by atoms with Crippen LogP contribution in [-0.4, -0.2) is 18.3 Å². The van der Waals surface area contributed by atoms with E-state index >= 15 is 0 Å². The van der Waals surface area contributed by atoms with E-state index in [1.807, 2.05) is 18.2 Å². The lowest BCUT2D eigenvalue weighted by Gasteiger charge is -2.29. The van der Waals surface area contributed by atoms with Crippen LogP contribution in [0.2, 0.25) is 0 Å². The Bertz CT molecular complexity index is 362. The van der Waals surface area contributed by atoms with E-state index in [0.717, 1.165) is 29.9 Å². The van der Waals surface area contributed by atoms with Gasteiger partial charge in [0.25, 0.3) is 0 Å². The van der Waals surface area contributed by atoms with Crippen LogP contribution in [0.1, 0.15) is 37.9 Å². The number of aliphatic hydroxyl groups is 1. The molecule has 1 aromatic carbocycles. The highest BCUT2D eigenvalue weighted by Gasteiger charge is 2.26. The van der Waals surface area contributed by atoms with Gasteiger partial charge in [-0.05, 0) is 18.6 Å². The Morgan fingerprint density at radius 3 is 3.00 bits per heavy atom. The summed E-state index contributed by atoms with van der Waals surface area (Å²) in [5.74, 6) is 1.53. The summed E-state index contributed by atoms with van der Waals surface area (Å²) >= 11 is 0. The van der Waals surface area contributed by atoms with Crippen molar-refractivity contribution in [1.82, 2.24) is 0 Å². The number of rotatable bonds is 3. The normalized spacial score (nSPS) is 23.4. The molecule has 0 fully saturated rings. The molecule has 0 amide bonds. The van der Waals surface area contributed by atoms with Gasteiger partial charge in [0.2, 0.25) is 0 Å². The van der Waals surface area contributed by atoms with Gasteiger partial charge < -0.3 is 14.6 Å². The van der Waals surface area contributed by atoms with E-state index in [2.05, 4.69) is 6.92 Å². The smallest absolute Gasteiger partial charge is 0.129 e. The fourth-order valence-electron chi connectivity index (χ4n) is 2.12. The van der Waals surface area contributed by atoms with Crippen LogP contribution in [0.3, 0.4) is 0 Å². The zero-order valence-corrected chi connectivity index (χ0v) is 9.77. The Balaban J connectivity index is 2.24. The SMILES string of the molecule is CCCC1C[C@@H](O)c2ccc(OC)cc2O1. The van der Waals surface area contributed by atoms with Gasteiger partial charge >= 0.3 is 0 Å². The number of hydrogen-bond donors (Lipinski definition) is 1. The van der Waals surface area contributed by atoms with E-state index in [1.165, 1.54) is 0 Å². The predicted molar refractivity (Wildman–Crippen MR) is 61.9 cm³/mol. The van der Waals surface area contributed by atoms with Crippen molar-refractivity contribution in [3.05, 3.63) is 23.8 Å². The van der Waals surface area contributed by atoms with E-state index < -0.39 is 6.10 Å². The number of ether oxygens (including phenoxy) is 2. The summed E-state index contributed by atoms with van der Waals surface area (Å²) in [6.45, 7) is 2.12. The average Bonchev–Trinajstić information content (AvgIpc) is 2.28. The predicted octanol–water partition coefficient (Wildman–Crippen LogP) is 2.68. The van der Waals surface area contributed by atoms with Crippen molar-refractivity contribution < 1.29 is 14.6 Å². The minimum Gasteiger partial charge on any atom is -0.497 e. The van der Waals surface area contributed by atoms with Crippen LogP contribution < -0.4 is 9.47 Å². The number of aliphatic hydroxyl groups excluding tert-OH is 1. The molecule has 1 aromatic rings. The van der Waals surface area contributed by atoms with Crippen molar-refractivity contribution in [2.75, 3.05) is 7.11 Å². The van der Waals surface area contributed by atoms with Crippen LogP contribution in [0, 0.1) is 0 Å². The quantitative estimate of drug-likeness (QED) is 0.854. The molecule has 2 rings (SSSR count). The molecule has 1 aliphatic heterocycles. The van der Waals surface area contributed by atoms with Crippen molar-refractivity contribution in [1.29, 1.82) is 0 Å². The summed E-state index contributed by atoms with van der Waals surface area (Å²) in [6, 6.07) is 5.58. The third-order valence-corrected chi connectivity index (χ3v) is 2.97. The van der Waals surface area contributed by atoms with Gasteiger partial charge in [-0.1, -0.05) is 13.3 Å². The van der Waals surface area contributed by atoms with E-state index in [4.69, 9.17) is 9.47 Å². The van der Waals surface area contributed by atoms with E-state index in [0.29, 0.717) is 6.42 Å². The Morgan fingerprint density at radius 1 is 1.50 bits per heavy atom. The number of fused-ring (bicyclic) bond motifs is 1. The molecular weight excluding hydrogens is 204 g/mol. The van der Waals surface area contributed by atoms with Crippen molar-refractivity contribution in [3.63, 3.8) is 0 Å². The molecule has 1 unspecified atom stereocenters. The number of hydrogen-bond acceptors (Lipinski definition) is 3. The van der Waals surface area contributed by atoms with Crippen LogP contribution in [0.5, 0.6) is 11.5 Å². The largest absolute Gasteiger partial charge is 0.497 e. The summed E-state index contributed by atoms with van der Waals surface area (Å²) in [4.78, 5) is 0. The van der Waals surface area contributed by atoms with Crippen LogP contribution >= 0.6 is 0 Å². The summed E-state index contributed by atoms with van der Waals surface area (Å²) in [5.41, 5.74) is 0.869. The van der Waals surface area contributed by atoms with Crippen molar-refractivity contribution in [2.45, 2.75) is 38.4 Å². The van der Waals surface area contributed by atoms with Crippen molar-refractivity contribution in [2.24, 2.45) is 0 Å². The molecule has 0 saturated carbocycles. The molecule has 0 aromatic heterocycles. The minimum absolute atomic E-state index is 0.125. The highest BCUT2D eigenvalue weighted by molar-refractivity contribution is 5.43. The van der Waals surface area contributed by atoms with Crippen LogP contribution in [0.15, 0.2) is 18.2 Å². The molecule has 3 heteroatoms. The second kappa shape index (κ2) is 4.74. The third-order valence-electron chi connectivity index (χ3n) is 2.97. The summed E-state index contributed by atoms with van der Waals surface area (Å²) in [6.07, 6.45) is 2.45. The lowest BCUT2D eigenvalue weighted by Crippen LogP contribution is -2.25. The fraction of sp³-hybridized carbons (Fsp3) is 0.538. The van der Waals surface area contributed by atoms with Gasteiger partial charge in [0.15, 0.2) is 0 Å². The van der Waals surface area contributed by atoms with E-state index in [-0.39, 0.29) is 6.10 Å².